The Morgan fingerprint density at radius 2 is 2.18 bits per heavy atom. The predicted molar refractivity (Wildman–Crippen MR) is 45.4 cm³/mol. The van der Waals surface area contributed by atoms with Crippen molar-refractivity contribution in [1.82, 2.24) is 0 Å². The molecule has 0 saturated carbocycles. The van der Waals surface area contributed by atoms with Crippen LogP contribution in [-0.2, 0) is 4.74 Å². The zero-order chi connectivity index (χ0) is 8.85. The van der Waals surface area contributed by atoms with E-state index in [-0.39, 0.29) is 5.92 Å². The van der Waals surface area contributed by atoms with Crippen LogP contribution in [-0.4, -0.2) is 24.9 Å². The van der Waals surface area contributed by atoms with Crippen LogP contribution in [0, 0.1) is 5.92 Å². The molecule has 2 nitrogen and oxygen atoms in total. The quantitative estimate of drug-likeness (QED) is 0.623. The monoisotopic (exact) mass is 156 g/mol. The van der Waals surface area contributed by atoms with Crippen molar-refractivity contribution in [3.05, 3.63) is 17.9 Å². The van der Waals surface area contributed by atoms with Gasteiger partial charge in [0.2, 0.25) is 0 Å². The van der Waals surface area contributed by atoms with Crippen LogP contribution >= 0.6 is 0 Å². The van der Waals surface area contributed by atoms with E-state index in [1.54, 1.807) is 7.11 Å². The largest absolute Gasteiger partial charge is 0.388 e. The molecule has 0 saturated heterocycles. The average molecular weight is 156 g/mol. The maximum absolute atomic E-state index is 9.50. The Bertz CT molecular complexity index is 155. The molecule has 0 bridgehead atoms. The molecule has 0 aliphatic heterocycles. The first-order chi connectivity index (χ1) is 5.13. The number of rotatable bonds is 4. The highest BCUT2D eigenvalue weighted by Gasteiger charge is 2.13. The summed E-state index contributed by atoms with van der Waals surface area (Å²) in [6.45, 7) is 7.77. The minimum Gasteiger partial charge on any atom is -0.388 e. The lowest BCUT2D eigenvalue weighted by Crippen LogP contribution is -2.19. The summed E-state index contributed by atoms with van der Waals surface area (Å²) in [5, 5.41) is 9.50. The summed E-state index contributed by atoms with van der Waals surface area (Å²) in [7, 11) is 1.59. The normalized spacial score (nSPS) is 12.8. The summed E-state index contributed by atoms with van der Waals surface area (Å²) >= 11 is 0. The number of ether oxygens (including phenoxy) is 1. The Balaban J connectivity index is 4.16. The molecule has 1 atom stereocenters. The fraction of sp³-hybridized carbons (Fsp3) is 0.667. The number of methoxy groups -OCH3 is 1. The Labute approximate surface area is 68.2 Å². The number of aliphatic hydroxyl groups excluding tert-OH is 1. The van der Waals surface area contributed by atoms with Gasteiger partial charge in [-0.05, 0) is 5.92 Å². The van der Waals surface area contributed by atoms with Gasteiger partial charge in [-0.25, -0.2) is 0 Å². The molecule has 0 aromatic rings. The lowest BCUT2D eigenvalue weighted by molar-refractivity contribution is 0.130. The first kappa shape index (κ1) is 10.4. The van der Waals surface area contributed by atoms with Gasteiger partial charge in [-0.1, -0.05) is 20.4 Å². The van der Waals surface area contributed by atoms with Crippen LogP contribution < -0.4 is 0 Å². The van der Waals surface area contributed by atoms with Gasteiger partial charge in [0.15, 0.2) is 0 Å². The summed E-state index contributed by atoms with van der Waals surface area (Å²) in [6, 6.07) is 0. The van der Waals surface area contributed by atoms with Crippen LogP contribution in [0.25, 0.3) is 0 Å². The van der Waals surface area contributed by atoms with Gasteiger partial charge in [-0.15, -0.1) is 5.73 Å². The van der Waals surface area contributed by atoms with E-state index in [9.17, 15) is 5.11 Å². The van der Waals surface area contributed by atoms with Gasteiger partial charge in [-0.3, -0.25) is 0 Å². The van der Waals surface area contributed by atoms with E-state index >= 15 is 0 Å². The third kappa shape index (κ3) is 3.38. The van der Waals surface area contributed by atoms with Crippen LogP contribution in [0.1, 0.15) is 13.8 Å². The molecule has 0 spiro atoms. The first-order valence-electron chi connectivity index (χ1n) is 3.69. The first-order valence-corrected chi connectivity index (χ1v) is 3.69. The van der Waals surface area contributed by atoms with E-state index in [4.69, 9.17) is 4.74 Å². The van der Waals surface area contributed by atoms with E-state index < -0.39 is 6.10 Å². The Hall–Kier alpha value is -0.560. The third-order valence-corrected chi connectivity index (χ3v) is 1.52. The van der Waals surface area contributed by atoms with Crippen LogP contribution in [0.15, 0.2) is 17.9 Å². The predicted octanol–water partition coefficient (Wildman–Crippen LogP) is 1.36. The van der Waals surface area contributed by atoms with E-state index in [1.165, 1.54) is 0 Å². The minimum atomic E-state index is -0.479. The van der Waals surface area contributed by atoms with Gasteiger partial charge in [-0.2, -0.15) is 0 Å². The SMILES string of the molecule is C=C=C(COC)C(O)C(C)C. The fourth-order valence-electron chi connectivity index (χ4n) is 0.799. The smallest absolute Gasteiger partial charge is 0.0869 e. The summed E-state index contributed by atoms with van der Waals surface area (Å²) in [6.07, 6.45) is -0.479. The van der Waals surface area contributed by atoms with Crippen molar-refractivity contribution in [3.63, 3.8) is 0 Å². The van der Waals surface area contributed by atoms with Gasteiger partial charge in [0.1, 0.15) is 0 Å². The van der Waals surface area contributed by atoms with Gasteiger partial charge >= 0.3 is 0 Å². The molecule has 0 fully saturated rings. The van der Waals surface area contributed by atoms with Crippen LogP contribution in [0.5, 0.6) is 0 Å². The Morgan fingerprint density at radius 3 is 2.45 bits per heavy atom. The van der Waals surface area contributed by atoms with E-state index in [0.29, 0.717) is 6.61 Å². The lowest BCUT2D eigenvalue weighted by Gasteiger charge is -2.15. The highest BCUT2D eigenvalue weighted by molar-refractivity contribution is 5.06. The molecule has 2 heteroatoms. The molecule has 0 radical (unpaired) electrons. The van der Waals surface area contributed by atoms with E-state index in [2.05, 4.69) is 12.3 Å². The summed E-state index contributed by atoms with van der Waals surface area (Å²) in [5.41, 5.74) is 3.40. The highest BCUT2D eigenvalue weighted by Crippen LogP contribution is 2.10. The van der Waals surface area contributed by atoms with Gasteiger partial charge in [0.05, 0.1) is 12.7 Å². The second-order valence-corrected chi connectivity index (χ2v) is 2.82. The topological polar surface area (TPSA) is 29.5 Å². The van der Waals surface area contributed by atoms with Crippen molar-refractivity contribution in [2.75, 3.05) is 13.7 Å². The Kier molecular flexibility index (Phi) is 4.88. The Morgan fingerprint density at radius 1 is 1.64 bits per heavy atom. The molecular formula is C9H16O2. The number of hydrogen-bond acceptors (Lipinski definition) is 2. The van der Waals surface area contributed by atoms with Crippen molar-refractivity contribution in [2.24, 2.45) is 5.92 Å². The molecule has 64 valence electrons. The van der Waals surface area contributed by atoms with Crippen molar-refractivity contribution in [1.29, 1.82) is 0 Å². The lowest BCUT2D eigenvalue weighted by atomic mass is 10.0. The molecule has 0 rings (SSSR count). The molecule has 0 aliphatic rings. The molecule has 1 N–H and O–H groups in total. The average Bonchev–Trinajstić information content (AvgIpc) is 1.98. The van der Waals surface area contributed by atoms with E-state index in [1.807, 2.05) is 13.8 Å². The molecule has 0 aromatic carbocycles. The van der Waals surface area contributed by atoms with Crippen LogP contribution in [0.2, 0.25) is 0 Å². The van der Waals surface area contributed by atoms with Crippen molar-refractivity contribution in [3.8, 4) is 0 Å². The molecule has 0 aromatic heterocycles. The highest BCUT2D eigenvalue weighted by atomic mass is 16.5. The third-order valence-electron chi connectivity index (χ3n) is 1.52. The van der Waals surface area contributed by atoms with E-state index in [0.717, 1.165) is 5.57 Å². The summed E-state index contributed by atoms with van der Waals surface area (Å²) in [4.78, 5) is 0. The van der Waals surface area contributed by atoms with Gasteiger partial charge < -0.3 is 9.84 Å². The van der Waals surface area contributed by atoms with Crippen molar-refractivity contribution < 1.29 is 9.84 Å². The summed E-state index contributed by atoms with van der Waals surface area (Å²) < 4.78 is 4.87. The maximum Gasteiger partial charge on any atom is 0.0869 e. The summed E-state index contributed by atoms with van der Waals surface area (Å²) in [5.74, 6) is 0.189. The number of aliphatic hydroxyl groups is 1. The standard InChI is InChI=1S/C9H16O2/c1-5-8(6-11-4)9(10)7(2)3/h7,9-10H,1,6H2,2-4H3. The van der Waals surface area contributed by atoms with Gasteiger partial charge in [0, 0.05) is 12.7 Å². The van der Waals surface area contributed by atoms with Crippen molar-refractivity contribution in [2.45, 2.75) is 20.0 Å². The molecule has 0 amide bonds. The second-order valence-electron chi connectivity index (χ2n) is 2.82. The van der Waals surface area contributed by atoms with Crippen molar-refractivity contribution >= 4 is 0 Å². The van der Waals surface area contributed by atoms with Crippen LogP contribution in [0.4, 0.5) is 0 Å². The van der Waals surface area contributed by atoms with Gasteiger partial charge in [0.25, 0.3) is 0 Å². The molecule has 1 unspecified atom stereocenters. The fourth-order valence-corrected chi connectivity index (χ4v) is 0.799. The molecular weight excluding hydrogens is 140 g/mol. The van der Waals surface area contributed by atoms with Crippen LogP contribution in [0.3, 0.4) is 0 Å². The molecule has 11 heavy (non-hydrogen) atoms. The minimum absolute atomic E-state index is 0.189. The molecule has 0 aliphatic carbocycles. The maximum atomic E-state index is 9.50. The molecule has 0 heterocycles. The second kappa shape index (κ2) is 5.14. The zero-order valence-corrected chi connectivity index (χ0v) is 7.42. The number of hydrogen-bond donors (Lipinski definition) is 1. The zero-order valence-electron chi connectivity index (χ0n) is 7.42.